The maximum Gasteiger partial charge on any atom is 0.251 e. The smallest absolute Gasteiger partial charge is 0.251 e. The van der Waals surface area contributed by atoms with E-state index in [0.717, 1.165) is 16.7 Å². The lowest BCUT2D eigenvalue weighted by molar-refractivity contribution is -0.127. The average molecular weight is 565 g/mol. The fourth-order valence-corrected chi connectivity index (χ4v) is 4.44. The van der Waals surface area contributed by atoms with Crippen molar-refractivity contribution in [3.05, 3.63) is 126 Å². The van der Waals surface area contributed by atoms with Crippen LogP contribution in [0, 0.1) is 12.7 Å². The van der Waals surface area contributed by atoms with E-state index >= 15 is 0 Å². The van der Waals surface area contributed by atoms with Gasteiger partial charge >= 0.3 is 0 Å². The van der Waals surface area contributed by atoms with Gasteiger partial charge in [-0.2, -0.15) is 4.80 Å². The van der Waals surface area contributed by atoms with E-state index in [0.29, 0.717) is 22.8 Å². The molecule has 4 aromatic carbocycles. The number of nitrogens with zero attached hydrogens (tertiary/aromatic N) is 5. The van der Waals surface area contributed by atoms with Crippen LogP contribution in [0.4, 0.5) is 10.1 Å². The normalized spacial score (nSPS) is 11.5. The van der Waals surface area contributed by atoms with E-state index in [9.17, 15) is 14.0 Å². The number of ether oxygens (including phenoxy) is 1. The Kier molecular flexibility index (Phi) is 8.62. The summed E-state index contributed by atoms with van der Waals surface area (Å²) in [4.78, 5) is 30.4. The van der Waals surface area contributed by atoms with Crippen molar-refractivity contribution >= 4 is 17.5 Å². The fraction of sp³-hybridized carbons (Fsp3) is 0.156. The molecule has 0 saturated heterocycles. The second-order valence-corrected chi connectivity index (χ2v) is 9.63. The van der Waals surface area contributed by atoms with Crippen LogP contribution in [0.15, 0.2) is 103 Å². The number of amides is 2. The summed E-state index contributed by atoms with van der Waals surface area (Å²) in [5.74, 6) is -0.280. The molecule has 0 unspecified atom stereocenters. The van der Waals surface area contributed by atoms with E-state index in [2.05, 4.69) is 20.7 Å². The van der Waals surface area contributed by atoms with Gasteiger partial charge < -0.3 is 10.1 Å². The van der Waals surface area contributed by atoms with Crippen molar-refractivity contribution in [2.24, 2.45) is 0 Å². The number of hydrogen-bond acceptors (Lipinski definition) is 6. The molecule has 0 spiro atoms. The monoisotopic (exact) mass is 564 g/mol. The number of carbonyl (C=O) groups excluding carboxylic acids is 2. The average Bonchev–Trinajstić information content (AvgIpc) is 3.48. The van der Waals surface area contributed by atoms with Crippen molar-refractivity contribution in [3.63, 3.8) is 0 Å². The summed E-state index contributed by atoms with van der Waals surface area (Å²) >= 11 is 0. The molecular weight excluding hydrogens is 535 g/mol. The zero-order valence-electron chi connectivity index (χ0n) is 23.1. The van der Waals surface area contributed by atoms with Crippen LogP contribution in [0.5, 0.6) is 5.75 Å². The van der Waals surface area contributed by atoms with Gasteiger partial charge in [0.2, 0.25) is 11.7 Å². The third-order valence-electron chi connectivity index (χ3n) is 6.66. The van der Waals surface area contributed by atoms with Crippen LogP contribution in [0.3, 0.4) is 0 Å². The maximum absolute atomic E-state index is 14.0. The highest BCUT2D eigenvalue weighted by atomic mass is 19.1. The maximum atomic E-state index is 14.0. The molecule has 5 rings (SSSR count). The van der Waals surface area contributed by atoms with Crippen LogP contribution in [-0.4, -0.2) is 39.1 Å². The fourth-order valence-electron chi connectivity index (χ4n) is 4.44. The molecule has 42 heavy (non-hydrogen) atoms. The van der Waals surface area contributed by atoms with Gasteiger partial charge in [0.15, 0.2) is 0 Å². The summed E-state index contributed by atoms with van der Waals surface area (Å²) in [5.41, 5.74) is 3.62. The number of methoxy groups -OCH3 is 1. The van der Waals surface area contributed by atoms with Crippen molar-refractivity contribution in [2.45, 2.75) is 26.1 Å². The van der Waals surface area contributed by atoms with Crippen molar-refractivity contribution in [3.8, 4) is 17.1 Å². The minimum absolute atomic E-state index is 0.210. The molecule has 0 aliphatic heterocycles. The van der Waals surface area contributed by atoms with E-state index in [1.165, 1.54) is 34.0 Å². The minimum Gasteiger partial charge on any atom is -0.497 e. The Labute approximate surface area is 242 Å². The lowest BCUT2D eigenvalue weighted by Crippen LogP contribution is -2.45. The number of halogens is 1. The molecule has 0 aliphatic rings. The lowest BCUT2D eigenvalue weighted by atomic mass is 10.0. The van der Waals surface area contributed by atoms with E-state index in [1.54, 1.807) is 43.5 Å². The second kappa shape index (κ2) is 12.9. The van der Waals surface area contributed by atoms with Gasteiger partial charge in [-0.25, -0.2) is 4.39 Å². The van der Waals surface area contributed by atoms with Crippen LogP contribution in [0.2, 0.25) is 0 Å². The Morgan fingerprint density at radius 3 is 2.29 bits per heavy atom. The molecule has 0 radical (unpaired) electrons. The van der Waals surface area contributed by atoms with Crippen molar-refractivity contribution in [1.29, 1.82) is 0 Å². The number of anilines is 1. The third-order valence-corrected chi connectivity index (χ3v) is 6.66. The highest BCUT2D eigenvalue weighted by molar-refractivity contribution is 6.01. The Hall–Kier alpha value is -5.38. The molecule has 0 saturated carbocycles. The molecule has 1 N–H and O–H groups in total. The zero-order chi connectivity index (χ0) is 29.5. The van der Waals surface area contributed by atoms with E-state index in [1.807, 2.05) is 49.4 Å². The molecule has 1 atom stereocenters. The highest BCUT2D eigenvalue weighted by Gasteiger charge is 2.33. The van der Waals surface area contributed by atoms with Gasteiger partial charge in [-0.05, 0) is 59.7 Å². The Morgan fingerprint density at radius 2 is 1.62 bits per heavy atom. The van der Waals surface area contributed by atoms with Crippen molar-refractivity contribution in [1.82, 2.24) is 25.5 Å². The van der Waals surface area contributed by atoms with Crippen LogP contribution >= 0.6 is 0 Å². The number of rotatable bonds is 10. The van der Waals surface area contributed by atoms with Gasteiger partial charge in [0.05, 0.1) is 7.11 Å². The van der Waals surface area contributed by atoms with Crippen LogP contribution < -0.4 is 15.0 Å². The Bertz CT molecular complexity index is 1640. The Morgan fingerprint density at radius 1 is 0.929 bits per heavy atom. The standard InChI is InChI=1S/C32H29FN6O3/c1-22-8-12-25(13-9-22)31-35-37-38(36-31)21-29(40)39(27-6-4-3-5-7-27)30(24-14-16-26(33)17-15-24)32(41)34-20-23-10-18-28(42-2)19-11-23/h3-19,30H,20-21H2,1-2H3,(H,34,41)/t30-/m1/s1. The number of aromatic nitrogens is 4. The minimum atomic E-state index is -1.11. The number of tetrazole rings is 1. The zero-order valence-corrected chi connectivity index (χ0v) is 23.1. The largest absolute Gasteiger partial charge is 0.497 e. The SMILES string of the molecule is COc1ccc(CNC(=O)[C@@H](c2ccc(F)cc2)N(C(=O)Cn2nnc(-c3ccc(C)cc3)n2)c2ccccc2)cc1. The van der Waals surface area contributed by atoms with Crippen molar-refractivity contribution in [2.75, 3.05) is 12.0 Å². The van der Waals surface area contributed by atoms with E-state index in [-0.39, 0.29) is 13.1 Å². The van der Waals surface area contributed by atoms with E-state index in [4.69, 9.17) is 4.74 Å². The number of carbonyl (C=O) groups is 2. The molecule has 9 nitrogen and oxygen atoms in total. The summed E-state index contributed by atoms with van der Waals surface area (Å²) < 4.78 is 19.1. The first-order valence-corrected chi connectivity index (χ1v) is 13.3. The predicted octanol–water partition coefficient (Wildman–Crippen LogP) is 4.89. The Balaban J connectivity index is 1.45. The van der Waals surface area contributed by atoms with Crippen LogP contribution in [0.1, 0.15) is 22.7 Å². The lowest BCUT2D eigenvalue weighted by Gasteiger charge is -2.31. The molecule has 0 fully saturated rings. The number of para-hydroxylation sites is 1. The number of hydrogen-bond donors (Lipinski definition) is 1. The van der Waals surface area contributed by atoms with Gasteiger partial charge in [0, 0.05) is 17.8 Å². The van der Waals surface area contributed by atoms with Crippen molar-refractivity contribution < 1.29 is 18.7 Å². The van der Waals surface area contributed by atoms with Crippen LogP contribution in [-0.2, 0) is 22.7 Å². The first-order valence-electron chi connectivity index (χ1n) is 13.3. The van der Waals surface area contributed by atoms with Crippen LogP contribution in [0.25, 0.3) is 11.4 Å². The molecule has 0 aliphatic carbocycles. The highest BCUT2D eigenvalue weighted by Crippen LogP contribution is 2.29. The predicted molar refractivity (Wildman–Crippen MR) is 156 cm³/mol. The van der Waals surface area contributed by atoms with Gasteiger partial charge in [-0.1, -0.05) is 72.3 Å². The topological polar surface area (TPSA) is 102 Å². The van der Waals surface area contributed by atoms with Gasteiger partial charge in [0.1, 0.15) is 24.2 Å². The summed E-state index contributed by atoms with van der Waals surface area (Å²) in [7, 11) is 1.58. The van der Waals surface area contributed by atoms with E-state index < -0.39 is 23.7 Å². The number of aryl methyl sites for hydroxylation is 1. The molecule has 212 valence electrons. The second-order valence-electron chi connectivity index (χ2n) is 9.63. The number of benzene rings is 4. The first kappa shape index (κ1) is 28.2. The molecule has 10 heteroatoms. The quantitative estimate of drug-likeness (QED) is 0.259. The van der Waals surface area contributed by atoms with Gasteiger partial charge in [0.25, 0.3) is 5.91 Å². The molecule has 2 amide bonds. The van der Waals surface area contributed by atoms with Gasteiger partial charge in [-0.15, -0.1) is 10.2 Å². The first-order chi connectivity index (χ1) is 20.4. The molecule has 5 aromatic rings. The number of nitrogens with one attached hydrogen (secondary N) is 1. The molecule has 1 heterocycles. The van der Waals surface area contributed by atoms with Gasteiger partial charge in [-0.3, -0.25) is 14.5 Å². The third kappa shape index (κ3) is 6.67. The molecule has 0 bridgehead atoms. The molecular formula is C32H29FN6O3. The molecule has 1 aromatic heterocycles. The summed E-state index contributed by atoms with van der Waals surface area (Å²) in [6.07, 6.45) is 0. The summed E-state index contributed by atoms with van der Waals surface area (Å²) in [6.45, 7) is 1.91. The summed E-state index contributed by atoms with van der Waals surface area (Å²) in [6, 6.07) is 28.2. The summed E-state index contributed by atoms with van der Waals surface area (Å²) in [5, 5.41) is 15.5.